The highest BCUT2D eigenvalue weighted by Crippen LogP contribution is 2.35. The van der Waals surface area contributed by atoms with E-state index in [4.69, 9.17) is 4.42 Å². The average molecular weight is 478 g/mol. The molecular formula is C22H27N3O5S2. The fourth-order valence-corrected chi connectivity index (χ4v) is 6.52. The van der Waals surface area contributed by atoms with E-state index < -0.39 is 16.1 Å². The third-order valence-corrected chi connectivity index (χ3v) is 8.63. The zero-order chi connectivity index (χ0) is 22.7. The lowest BCUT2D eigenvalue weighted by Gasteiger charge is -2.23. The molecule has 4 rings (SSSR count). The van der Waals surface area contributed by atoms with Crippen molar-refractivity contribution in [2.45, 2.75) is 42.9 Å². The van der Waals surface area contributed by atoms with Gasteiger partial charge in [-0.1, -0.05) is 0 Å². The molecule has 1 unspecified atom stereocenters. The molecule has 8 nitrogen and oxygen atoms in total. The van der Waals surface area contributed by atoms with E-state index in [1.54, 1.807) is 30.2 Å². The number of carbonyl (C=O) groups excluding carboxylic acids is 2. The Balaban J connectivity index is 1.41. The largest absolute Gasteiger partial charge is 0.468 e. The van der Waals surface area contributed by atoms with Crippen LogP contribution in [0.2, 0.25) is 0 Å². The van der Waals surface area contributed by atoms with Gasteiger partial charge in [0, 0.05) is 44.4 Å². The average Bonchev–Trinajstić information content (AvgIpc) is 3.53. The molecule has 172 valence electrons. The maximum absolute atomic E-state index is 12.9. The van der Waals surface area contributed by atoms with Gasteiger partial charge in [-0.15, -0.1) is 0 Å². The quantitative estimate of drug-likeness (QED) is 0.586. The highest BCUT2D eigenvalue weighted by Gasteiger charge is 2.38. The molecule has 2 aliphatic heterocycles. The monoisotopic (exact) mass is 477 g/mol. The van der Waals surface area contributed by atoms with E-state index in [2.05, 4.69) is 5.32 Å². The first kappa shape index (κ1) is 22.9. The number of nitrogens with one attached hydrogen (secondary N) is 1. The maximum Gasteiger partial charge on any atom is 0.243 e. The van der Waals surface area contributed by atoms with Crippen LogP contribution in [0.1, 0.15) is 31.1 Å². The standard InChI is InChI=1S/C22H27N3O5S2/c1-16(26)25-20-7-6-19(32(28,29)24-9-2-3-10-24)13-17(20)14-21(25)22(27)23-8-12-31-15-18-5-4-11-30-18/h4-7,11,13,21H,2-3,8-10,12,14-15H2,1H3,(H,23,27). The van der Waals surface area contributed by atoms with Gasteiger partial charge in [0.1, 0.15) is 11.8 Å². The van der Waals surface area contributed by atoms with E-state index in [-0.39, 0.29) is 16.7 Å². The number of amides is 2. The smallest absolute Gasteiger partial charge is 0.243 e. The third-order valence-electron chi connectivity index (χ3n) is 5.75. The van der Waals surface area contributed by atoms with Gasteiger partial charge in [0.2, 0.25) is 21.8 Å². The van der Waals surface area contributed by atoms with Crippen molar-refractivity contribution in [2.24, 2.45) is 0 Å². The Hall–Kier alpha value is -2.30. The zero-order valence-corrected chi connectivity index (χ0v) is 19.6. The number of fused-ring (bicyclic) bond motifs is 1. The Morgan fingerprint density at radius 2 is 2.00 bits per heavy atom. The second-order valence-electron chi connectivity index (χ2n) is 7.93. The molecule has 2 amide bonds. The number of rotatable bonds is 8. The van der Waals surface area contributed by atoms with Crippen LogP contribution in [0.15, 0.2) is 45.9 Å². The first-order valence-corrected chi connectivity index (χ1v) is 13.3. The number of hydrogen-bond acceptors (Lipinski definition) is 6. The summed E-state index contributed by atoms with van der Waals surface area (Å²) in [6.07, 6.45) is 3.66. The number of nitrogens with zero attached hydrogens (tertiary/aromatic N) is 2. The van der Waals surface area contributed by atoms with Crippen LogP contribution in [0.3, 0.4) is 0 Å². The molecule has 32 heavy (non-hydrogen) atoms. The summed E-state index contributed by atoms with van der Waals surface area (Å²) in [6, 6.07) is 7.87. The predicted octanol–water partition coefficient (Wildman–Crippen LogP) is 2.39. The van der Waals surface area contributed by atoms with Crippen molar-refractivity contribution < 1.29 is 22.4 Å². The Kier molecular flexibility index (Phi) is 6.92. The predicted molar refractivity (Wildman–Crippen MR) is 123 cm³/mol. The van der Waals surface area contributed by atoms with Gasteiger partial charge >= 0.3 is 0 Å². The summed E-state index contributed by atoms with van der Waals surface area (Å²) in [5, 5.41) is 2.90. The fraction of sp³-hybridized carbons (Fsp3) is 0.455. The summed E-state index contributed by atoms with van der Waals surface area (Å²) in [6.45, 7) is 2.95. The molecule has 2 aliphatic rings. The molecule has 1 aromatic heterocycles. The summed E-state index contributed by atoms with van der Waals surface area (Å²) >= 11 is 1.65. The molecule has 0 aliphatic carbocycles. The number of furan rings is 1. The van der Waals surface area contributed by atoms with Crippen LogP contribution in [0.25, 0.3) is 0 Å². The molecule has 1 aromatic carbocycles. The number of anilines is 1. The van der Waals surface area contributed by atoms with E-state index in [0.717, 1.165) is 24.4 Å². The third kappa shape index (κ3) is 4.72. The molecular weight excluding hydrogens is 450 g/mol. The van der Waals surface area contributed by atoms with Crippen molar-refractivity contribution >= 4 is 39.3 Å². The summed E-state index contributed by atoms with van der Waals surface area (Å²) in [5.41, 5.74) is 1.30. The number of thioether (sulfide) groups is 1. The second kappa shape index (κ2) is 9.68. The van der Waals surface area contributed by atoms with Crippen molar-refractivity contribution in [1.29, 1.82) is 0 Å². The minimum atomic E-state index is -3.56. The van der Waals surface area contributed by atoms with Crippen molar-refractivity contribution in [3.05, 3.63) is 47.9 Å². The molecule has 0 radical (unpaired) electrons. The van der Waals surface area contributed by atoms with Gasteiger partial charge in [0.25, 0.3) is 0 Å². The summed E-state index contributed by atoms with van der Waals surface area (Å²) in [4.78, 5) is 26.9. The number of benzene rings is 1. The van der Waals surface area contributed by atoms with Crippen LogP contribution in [0.5, 0.6) is 0 Å². The van der Waals surface area contributed by atoms with Crippen LogP contribution in [-0.2, 0) is 31.8 Å². The second-order valence-corrected chi connectivity index (χ2v) is 11.0. The molecule has 1 saturated heterocycles. The summed E-state index contributed by atoms with van der Waals surface area (Å²) in [7, 11) is -3.56. The van der Waals surface area contributed by atoms with Crippen LogP contribution in [0, 0.1) is 0 Å². The van der Waals surface area contributed by atoms with Gasteiger partial charge < -0.3 is 9.73 Å². The van der Waals surface area contributed by atoms with E-state index in [0.29, 0.717) is 43.1 Å². The van der Waals surface area contributed by atoms with Gasteiger partial charge in [-0.05, 0) is 48.7 Å². The topological polar surface area (TPSA) is 99.9 Å². The highest BCUT2D eigenvalue weighted by atomic mass is 32.2. The van der Waals surface area contributed by atoms with Crippen molar-refractivity contribution in [1.82, 2.24) is 9.62 Å². The van der Waals surface area contributed by atoms with E-state index in [1.807, 2.05) is 12.1 Å². The van der Waals surface area contributed by atoms with Gasteiger partial charge in [0.05, 0.1) is 16.9 Å². The highest BCUT2D eigenvalue weighted by molar-refractivity contribution is 7.98. The van der Waals surface area contributed by atoms with Crippen molar-refractivity contribution in [3.63, 3.8) is 0 Å². The first-order valence-electron chi connectivity index (χ1n) is 10.7. The number of sulfonamides is 1. The molecule has 0 spiro atoms. The lowest BCUT2D eigenvalue weighted by atomic mass is 10.1. The van der Waals surface area contributed by atoms with Gasteiger partial charge in [-0.3, -0.25) is 14.5 Å². The lowest BCUT2D eigenvalue weighted by Crippen LogP contribution is -2.47. The van der Waals surface area contributed by atoms with Crippen LogP contribution in [-0.4, -0.2) is 56.0 Å². The zero-order valence-electron chi connectivity index (χ0n) is 18.0. The van der Waals surface area contributed by atoms with Gasteiger partial charge in [-0.25, -0.2) is 8.42 Å². The van der Waals surface area contributed by atoms with E-state index in [9.17, 15) is 18.0 Å². The Morgan fingerprint density at radius 3 is 2.69 bits per heavy atom. The Labute approximate surface area is 192 Å². The number of carbonyl (C=O) groups is 2. The minimum Gasteiger partial charge on any atom is -0.468 e. The van der Waals surface area contributed by atoms with E-state index in [1.165, 1.54) is 22.2 Å². The van der Waals surface area contributed by atoms with Crippen LogP contribution >= 0.6 is 11.8 Å². The van der Waals surface area contributed by atoms with Crippen molar-refractivity contribution in [2.75, 3.05) is 30.3 Å². The Bertz CT molecular complexity index is 1080. The fourth-order valence-electron chi connectivity index (χ4n) is 4.20. The molecule has 1 atom stereocenters. The first-order chi connectivity index (χ1) is 15.4. The minimum absolute atomic E-state index is 0.219. The normalized spacial score (nSPS) is 18.7. The molecule has 10 heteroatoms. The molecule has 1 fully saturated rings. The summed E-state index contributed by atoms with van der Waals surface area (Å²) < 4.78 is 32.6. The number of hydrogen-bond donors (Lipinski definition) is 1. The van der Waals surface area contributed by atoms with E-state index >= 15 is 0 Å². The van der Waals surface area contributed by atoms with Gasteiger partial charge in [-0.2, -0.15) is 16.1 Å². The maximum atomic E-state index is 12.9. The SMILES string of the molecule is CC(=O)N1c2ccc(S(=O)(=O)N3CCCC3)cc2CC1C(=O)NCCSCc1ccco1. The molecule has 3 heterocycles. The Morgan fingerprint density at radius 1 is 1.22 bits per heavy atom. The molecule has 0 bridgehead atoms. The summed E-state index contributed by atoms with van der Waals surface area (Å²) in [5.74, 6) is 1.84. The molecule has 1 N–H and O–H groups in total. The van der Waals surface area contributed by atoms with Gasteiger partial charge in [0.15, 0.2) is 0 Å². The van der Waals surface area contributed by atoms with Crippen LogP contribution < -0.4 is 10.2 Å². The van der Waals surface area contributed by atoms with Crippen molar-refractivity contribution in [3.8, 4) is 0 Å². The molecule has 0 saturated carbocycles. The van der Waals surface area contributed by atoms with Crippen LogP contribution in [0.4, 0.5) is 5.69 Å². The molecule has 2 aromatic rings. The lowest BCUT2D eigenvalue weighted by molar-refractivity contribution is -0.125.